The minimum atomic E-state index is -0.591. The number of nitrogens with zero attached hydrogens (tertiary/aromatic N) is 4. The zero-order valence-electron chi connectivity index (χ0n) is 24.3. The minimum absolute atomic E-state index is 0.0162. The van der Waals surface area contributed by atoms with Gasteiger partial charge in [0.15, 0.2) is 5.78 Å². The van der Waals surface area contributed by atoms with Gasteiger partial charge >= 0.3 is 0 Å². The van der Waals surface area contributed by atoms with Crippen molar-refractivity contribution >= 4 is 46.0 Å². The van der Waals surface area contributed by atoms with Gasteiger partial charge < -0.3 is 20.0 Å². The molecule has 9 nitrogen and oxygen atoms in total. The van der Waals surface area contributed by atoms with E-state index in [1.807, 2.05) is 58.3 Å². The lowest BCUT2D eigenvalue weighted by Gasteiger charge is -2.40. The van der Waals surface area contributed by atoms with Gasteiger partial charge in [0.2, 0.25) is 5.91 Å². The smallest absolute Gasteiger partial charge is 0.269 e. The second kappa shape index (κ2) is 11.4. The summed E-state index contributed by atoms with van der Waals surface area (Å²) in [6.07, 6.45) is 1.04. The van der Waals surface area contributed by atoms with E-state index in [1.165, 1.54) is 12.1 Å². The predicted molar refractivity (Wildman–Crippen MR) is 169 cm³/mol. The zero-order valence-corrected chi connectivity index (χ0v) is 25.0. The van der Waals surface area contributed by atoms with Crippen LogP contribution in [-0.4, -0.2) is 54.2 Å². The lowest BCUT2D eigenvalue weighted by Crippen LogP contribution is -2.52. The standard InChI is InChI=1S/C33H34ClN5O4/c1-33(2)19-27-31(29(40)20-33)32(22-10-12-24(13-11-22)39(42)43)38(28-9-4-3-8-26(28)35-27)21-30(41)37-16-14-36(15-17-37)25-7-5-6-23(34)18-25/h3-13,18,32,35H,14-17,19-21H2,1-2H3. The molecule has 10 heteroatoms. The number of piperazine rings is 1. The van der Waals surface area contributed by atoms with E-state index in [-0.39, 0.29) is 29.3 Å². The number of carbonyl (C=O) groups is 2. The molecule has 1 N–H and O–H groups in total. The highest BCUT2D eigenvalue weighted by Crippen LogP contribution is 2.48. The Hall–Kier alpha value is -4.37. The van der Waals surface area contributed by atoms with Gasteiger partial charge in [-0.05, 0) is 59.9 Å². The van der Waals surface area contributed by atoms with E-state index in [1.54, 1.807) is 12.1 Å². The number of ketones is 1. The first-order valence-corrected chi connectivity index (χ1v) is 14.9. The fourth-order valence-corrected chi connectivity index (χ4v) is 6.67. The van der Waals surface area contributed by atoms with E-state index >= 15 is 0 Å². The summed E-state index contributed by atoms with van der Waals surface area (Å²) in [5.41, 5.74) is 4.57. The number of nitro groups is 1. The number of nitrogens with one attached hydrogen (secondary N) is 1. The molecule has 0 radical (unpaired) electrons. The van der Waals surface area contributed by atoms with Crippen molar-refractivity contribution in [2.45, 2.75) is 32.7 Å². The summed E-state index contributed by atoms with van der Waals surface area (Å²) >= 11 is 6.21. The second-order valence-corrected chi connectivity index (χ2v) is 12.6. The molecule has 1 fully saturated rings. The third kappa shape index (κ3) is 5.82. The van der Waals surface area contributed by atoms with Crippen LogP contribution in [-0.2, 0) is 9.59 Å². The molecule has 3 aromatic carbocycles. The topological polar surface area (TPSA) is 99.0 Å². The quantitative estimate of drug-likeness (QED) is 0.275. The molecule has 6 rings (SSSR count). The Kier molecular flexibility index (Phi) is 7.60. The van der Waals surface area contributed by atoms with Crippen molar-refractivity contribution in [3.8, 4) is 0 Å². The van der Waals surface area contributed by atoms with Gasteiger partial charge in [0.05, 0.1) is 28.9 Å². The van der Waals surface area contributed by atoms with Crippen molar-refractivity contribution in [1.82, 2.24) is 4.90 Å². The molecule has 3 aliphatic rings. The average Bonchev–Trinajstić information content (AvgIpc) is 3.11. The largest absolute Gasteiger partial charge is 0.368 e. The summed E-state index contributed by atoms with van der Waals surface area (Å²) in [5, 5.41) is 15.7. The molecule has 222 valence electrons. The molecule has 1 saturated heterocycles. The van der Waals surface area contributed by atoms with Gasteiger partial charge in [-0.1, -0.05) is 43.6 Å². The summed E-state index contributed by atoms with van der Waals surface area (Å²) < 4.78 is 0. The van der Waals surface area contributed by atoms with Gasteiger partial charge in [-0.3, -0.25) is 19.7 Å². The molecule has 0 saturated carbocycles. The highest BCUT2D eigenvalue weighted by atomic mass is 35.5. The van der Waals surface area contributed by atoms with Gasteiger partial charge in [-0.15, -0.1) is 0 Å². The van der Waals surface area contributed by atoms with Crippen LogP contribution in [0.1, 0.15) is 38.3 Å². The summed E-state index contributed by atoms with van der Waals surface area (Å²) in [7, 11) is 0. The molecule has 0 spiro atoms. The van der Waals surface area contributed by atoms with Crippen molar-refractivity contribution in [1.29, 1.82) is 0 Å². The molecule has 1 atom stereocenters. The summed E-state index contributed by atoms with van der Waals surface area (Å²) in [4.78, 5) is 45.0. The number of para-hydroxylation sites is 2. The van der Waals surface area contributed by atoms with Crippen LogP contribution in [0, 0.1) is 15.5 Å². The number of allylic oxidation sites excluding steroid dienone is 1. The van der Waals surface area contributed by atoms with Crippen molar-refractivity contribution in [3.05, 3.63) is 105 Å². The van der Waals surface area contributed by atoms with E-state index < -0.39 is 11.0 Å². The lowest BCUT2D eigenvalue weighted by molar-refractivity contribution is -0.384. The number of benzene rings is 3. The van der Waals surface area contributed by atoms with Gasteiger partial charge in [0.1, 0.15) is 0 Å². The van der Waals surface area contributed by atoms with Crippen LogP contribution >= 0.6 is 11.6 Å². The molecular weight excluding hydrogens is 566 g/mol. The number of anilines is 3. The van der Waals surface area contributed by atoms with Crippen LogP contribution < -0.4 is 15.1 Å². The Morgan fingerprint density at radius 2 is 1.72 bits per heavy atom. The highest BCUT2D eigenvalue weighted by molar-refractivity contribution is 6.30. The summed E-state index contributed by atoms with van der Waals surface area (Å²) in [6.45, 7) is 6.68. The third-order valence-corrected chi connectivity index (χ3v) is 8.77. The van der Waals surface area contributed by atoms with Crippen LogP contribution in [0.5, 0.6) is 0 Å². The fraction of sp³-hybridized carbons (Fsp3) is 0.333. The van der Waals surface area contributed by atoms with Crippen LogP contribution in [0.2, 0.25) is 5.02 Å². The first-order chi connectivity index (χ1) is 20.6. The number of carbonyl (C=O) groups excluding carboxylic acids is 2. The number of hydrogen-bond acceptors (Lipinski definition) is 7. The zero-order chi connectivity index (χ0) is 30.3. The van der Waals surface area contributed by atoms with E-state index in [0.29, 0.717) is 49.6 Å². The Morgan fingerprint density at radius 1 is 1.00 bits per heavy atom. The highest BCUT2D eigenvalue weighted by Gasteiger charge is 2.42. The van der Waals surface area contributed by atoms with Crippen molar-refractivity contribution < 1.29 is 14.5 Å². The number of non-ortho nitro benzene ring substituents is 1. The van der Waals surface area contributed by atoms with Crippen LogP contribution in [0.25, 0.3) is 0 Å². The predicted octanol–water partition coefficient (Wildman–Crippen LogP) is 6.21. The molecule has 1 amide bonds. The molecule has 0 bridgehead atoms. The average molecular weight is 600 g/mol. The van der Waals surface area contributed by atoms with Crippen molar-refractivity contribution in [3.63, 3.8) is 0 Å². The Labute approximate surface area is 255 Å². The van der Waals surface area contributed by atoms with Gasteiger partial charge in [0, 0.05) is 66.7 Å². The molecular formula is C33H34ClN5O4. The number of halogens is 1. The van der Waals surface area contributed by atoms with Crippen LogP contribution in [0.15, 0.2) is 84.1 Å². The molecule has 1 aliphatic carbocycles. The number of nitro benzene ring substituents is 1. The molecule has 43 heavy (non-hydrogen) atoms. The number of Topliss-reactive ketones (excluding diaryl/α,β-unsaturated/α-hetero) is 1. The number of hydrogen-bond donors (Lipinski definition) is 1. The first kappa shape index (κ1) is 28.7. The van der Waals surface area contributed by atoms with Crippen LogP contribution in [0.3, 0.4) is 0 Å². The van der Waals surface area contributed by atoms with Crippen molar-refractivity contribution in [2.24, 2.45) is 5.41 Å². The Morgan fingerprint density at radius 3 is 2.42 bits per heavy atom. The number of amides is 1. The summed E-state index contributed by atoms with van der Waals surface area (Å²) in [5.74, 6) is -0.0254. The van der Waals surface area contributed by atoms with Gasteiger partial charge in [-0.25, -0.2) is 0 Å². The van der Waals surface area contributed by atoms with E-state index in [9.17, 15) is 19.7 Å². The molecule has 1 unspecified atom stereocenters. The number of rotatable bonds is 5. The minimum Gasteiger partial charge on any atom is -0.368 e. The third-order valence-electron chi connectivity index (χ3n) is 8.54. The van der Waals surface area contributed by atoms with Gasteiger partial charge in [0.25, 0.3) is 5.69 Å². The van der Waals surface area contributed by atoms with Crippen LogP contribution in [0.4, 0.5) is 22.7 Å². The fourth-order valence-electron chi connectivity index (χ4n) is 6.48. The normalized spacial score (nSPS) is 19.7. The summed E-state index contributed by atoms with van der Waals surface area (Å²) in [6, 6.07) is 21.2. The second-order valence-electron chi connectivity index (χ2n) is 12.2. The Balaban J connectivity index is 1.36. The van der Waals surface area contributed by atoms with E-state index in [2.05, 4.69) is 24.1 Å². The maximum Gasteiger partial charge on any atom is 0.269 e. The van der Waals surface area contributed by atoms with Gasteiger partial charge in [-0.2, -0.15) is 0 Å². The maximum atomic E-state index is 14.0. The molecule has 2 aliphatic heterocycles. The number of fused-ring (bicyclic) bond motifs is 1. The monoisotopic (exact) mass is 599 g/mol. The maximum absolute atomic E-state index is 14.0. The molecule has 0 aromatic heterocycles. The Bertz CT molecular complexity index is 1610. The molecule has 2 heterocycles. The first-order valence-electron chi connectivity index (χ1n) is 14.5. The van der Waals surface area contributed by atoms with E-state index in [0.717, 1.165) is 28.3 Å². The lowest BCUT2D eigenvalue weighted by atomic mass is 9.73. The van der Waals surface area contributed by atoms with E-state index in [4.69, 9.17) is 11.6 Å². The van der Waals surface area contributed by atoms with Crippen molar-refractivity contribution in [2.75, 3.05) is 47.8 Å². The molecule has 3 aromatic rings. The SMILES string of the molecule is CC1(C)CC(=O)C2=C(C1)Nc1ccccc1N(CC(=O)N1CCN(c3cccc(Cl)c3)CC1)C2c1ccc([N+](=O)[O-])cc1.